The van der Waals surface area contributed by atoms with Gasteiger partial charge in [0.05, 0.1) is 12.9 Å². The molecule has 0 bridgehead atoms. The van der Waals surface area contributed by atoms with E-state index in [2.05, 4.69) is 24.4 Å². The van der Waals surface area contributed by atoms with Crippen molar-refractivity contribution >= 4 is 41.0 Å². The Labute approximate surface area is 161 Å². The van der Waals surface area contributed by atoms with Crippen molar-refractivity contribution in [3.63, 3.8) is 0 Å². The van der Waals surface area contributed by atoms with Crippen LogP contribution in [0.5, 0.6) is 0 Å². The van der Waals surface area contributed by atoms with E-state index in [1.165, 1.54) is 10.9 Å². The molecule has 27 heavy (non-hydrogen) atoms. The summed E-state index contributed by atoms with van der Waals surface area (Å²) < 4.78 is 33.9. The highest BCUT2D eigenvalue weighted by molar-refractivity contribution is 7.04. The van der Waals surface area contributed by atoms with Crippen LogP contribution in [0.15, 0.2) is 20.6 Å². The second-order valence-corrected chi connectivity index (χ2v) is 6.34. The molecular weight excluding hydrogens is 394 g/mol. The number of hydrogen-bond acceptors (Lipinski definition) is 9. The van der Waals surface area contributed by atoms with Crippen LogP contribution >= 0.6 is 18.0 Å². The molecule has 2 aromatic rings. The van der Waals surface area contributed by atoms with Gasteiger partial charge in [-0.05, 0) is 23.9 Å². The molecule has 0 aliphatic carbocycles. The van der Waals surface area contributed by atoms with Crippen molar-refractivity contribution in [3.05, 3.63) is 16.7 Å². The average Bonchev–Trinajstić information content (AvgIpc) is 3.09. The molecular formula is C14H20N6O5P2. The Balaban J connectivity index is 2.04. The lowest BCUT2D eigenvalue weighted by molar-refractivity contribution is -0.152. The van der Waals surface area contributed by atoms with E-state index in [-0.39, 0.29) is 54.3 Å². The number of ether oxygens (including phenoxy) is 2. The summed E-state index contributed by atoms with van der Waals surface area (Å²) in [5.41, 5.74) is -0.212. The minimum absolute atomic E-state index is 0.00860. The van der Waals surface area contributed by atoms with Crippen LogP contribution in [0.3, 0.4) is 0 Å². The second-order valence-electron chi connectivity index (χ2n) is 5.91. The number of aliphatic hydroxyl groups excluding tert-OH is 1. The molecule has 0 aromatic carbocycles. The molecule has 13 heteroatoms. The standard InChI is InChI=1S/C14H20N6O5P2/c1-7(2)9(18-26)13(23)24-4-8(3-21)25-6-20-5-15-10-11(20)16-14(19-27)17-12(10)22/h5,7-9,21,26-27H,3-4,6H2,1-2H3,(H,16,17,22)/t8?,9-/m0/s1/i26D,27T. The van der Waals surface area contributed by atoms with Crippen LogP contribution in [0, 0.1) is 5.92 Å². The molecule has 11 nitrogen and oxygen atoms in total. The van der Waals surface area contributed by atoms with Crippen molar-refractivity contribution in [2.75, 3.05) is 13.2 Å². The van der Waals surface area contributed by atoms with Crippen LogP contribution in [-0.4, -0.2) is 58.5 Å². The summed E-state index contributed by atoms with van der Waals surface area (Å²) in [4.78, 5) is 34.6. The van der Waals surface area contributed by atoms with Gasteiger partial charge in [0.15, 0.2) is 17.2 Å². The fraction of sp³-hybridized carbons (Fsp3) is 0.571. The maximum absolute atomic E-state index is 12.1. The van der Waals surface area contributed by atoms with Crippen LogP contribution < -0.4 is 5.56 Å². The smallest absolute Gasteiger partial charge is 0.331 e. The second kappa shape index (κ2) is 9.75. The first kappa shape index (κ1) is 18.3. The van der Waals surface area contributed by atoms with Gasteiger partial charge in [-0.3, -0.25) is 19.1 Å². The molecule has 0 amide bonds. The largest absolute Gasteiger partial charge is 0.461 e. The van der Waals surface area contributed by atoms with Gasteiger partial charge in [-0.1, -0.05) is 13.8 Å². The number of hydrogen-bond donors (Lipinski definition) is 2. The van der Waals surface area contributed by atoms with Gasteiger partial charge in [0.1, 0.15) is 22.0 Å². The predicted molar refractivity (Wildman–Crippen MR) is 101 cm³/mol. The lowest BCUT2D eigenvalue weighted by atomic mass is 10.1. The SMILES string of the molecule is [2H]P=N[C@H](C(=O)OCC(CO)OCn1cnc2c(=O)[nH]c(N=P[3H])nc21)C(C)C. The van der Waals surface area contributed by atoms with E-state index in [1.54, 1.807) is 13.8 Å². The number of fused-ring (bicyclic) bond motifs is 1. The summed E-state index contributed by atoms with van der Waals surface area (Å²) in [6, 6.07) is -0.763. The number of carbonyl (C=O) groups excluding carboxylic acids is 1. The number of H-pyrrole nitrogens is 1. The van der Waals surface area contributed by atoms with Crippen LogP contribution in [-0.2, 0) is 21.0 Å². The van der Waals surface area contributed by atoms with E-state index in [0.29, 0.717) is 0 Å². The van der Waals surface area contributed by atoms with E-state index in [4.69, 9.17) is 12.0 Å². The molecule has 2 atom stereocenters. The Morgan fingerprint density at radius 1 is 1.63 bits per heavy atom. The quantitative estimate of drug-likeness (QED) is 0.438. The molecule has 0 aliphatic heterocycles. The molecule has 0 fully saturated rings. The highest BCUT2D eigenvalue weighted by Gasteiger charge is 2.23. The van der Waals surface area contributed by atoms with Crippen molar-refractivity contribution in [2.45, 2.75) is 32.7 Å². The monoisotopic (exact) mass is 417 g/mol. The van der Waals surface area contributed by atoms with Gasteiger partial charge in [0, 0.05) is 0 Å². The molecule has 2 N–H and O–H groups in total. The number of aromatic amines is 1. The number of aliphatic hydroxyl groups is 1. The highest BCUT2D eigenvalue weighted by Crippen LogP contribution is 2.12. The van der Waals surface area contributed by atoms with E-state index >= 15 is 0 Å². The zero-order chi connectivity index (χ0) is 21.4. The summed E-state index contributed by atoms with van der Waals surface area (Å²) in [6.07, 6.45) is 0.520. The summed E-state index contributed by atoms with van der Waals surface area (Å²) >= 11 is 0. The molecule has 0 radical (unpaired) electrons. The maximum atomic E-state index is 12.1. The molecule has 0 aliphatic rings. The average molecular weight is 417 g/mol. The summed E-state index contributed by atoms with van der Waals surface area (Å²) in [7, 11) is -0.0740. The van der Waals surface area contributed by atoms with Crippen molar-refractivity contribution in [3.8, 4) is 0 Å². The van der Waals surface area contributed by atoms with Crippen molar-refractivity contribution in [2.24, 2.45) is 15.4 Å². The first-order valence-corrected chi connectivity index (χ1v) is 8.74. The Morgan fingerprint density at radius 3 is 3.11 bits per heavy atom. The molecule has 0 saturated carbocycles. The van der Waals surface area contributed by atoms with Crippen LogP contribution in [0.4, 0.5) is 5.95 Å². The van der Waals surface area contributed by atoms with Gasteiger partial charge in [-0.25, -0.2) is 9.78 Å². The summed E-state index contributed by atoms with van der Waals surface area (Å²) in [6.45, 7) is 2.85. The van der Waals surface area contributed by atoms with Crippen LogP contribution in [0.25, 0.3) is 11.2 Å². The van der Waals surface area contributed by atoms with E-state index in [1.807, 2.05) is 0 Å². The van der Waals surface area contributed by atoms with Crippen LogP contribution in [0.1, 0.15) is 13.8 Å². The molecule has 2 heterocycles. The van der Waals surface area contributed by atoms with Crippen molar-refractivity contribution in [1.29, 1.82) is 2.56 Å². The summed E-state index contributed by atoms with van der Waals surface area (Å²) in [5, 5.41) is 9.49. The molecule has 1 unspecified atom stereocenters. The molecule has 2 aromatic heterocycles. The number of imidazole rings is 1. The number of nitrogens with zero attached hydrogens (tertiary/aromatic N) is 5. The minimum atomic E-state index is -0.823. The minimum Gasteiger partial charge on any atom is -0.461 e. The number of carbonyl (C=O) groups is 1. The Morgan fingerprint density at radius 2 is 2.44 bits per heavy atom. The van der Waals surface area contributed by atoms with Crippen molar-refractivity contribution < 1.29 is 19.4 Å². The van der Waals surface area contributed by atoms with Gasteiger partial charge >= 0.3 is 5.97 Å². The van der Waals surface area contributed by atoms with Crippen molar-refractivity contribution in [1.82, 2.24) is 19.5 Å². The van der Waals surface area contributed by atoms with E-state index in [0.717, 1.165) is 0 Å². The maximum Gasteiger partial charge on any atom is 0.331 e. The zero-order valence-electron chi connectivity index (χ0n) is 16.6. The first-order chi connectivity index (χ1) is 13.9. The third kappa shape index (κ3) is 5.23. The van der Waals surface area contributed by atoms with Gasteiger partial charge in [0.25, 0.3) is 5.56 Å². The lowest BCUT2D eigenvalue weighted by Gasteiger charge is -2.19. The Kier molecular flexibility index (Phi) is 6.61. The normalized spacial score (nSPS) is 15.4. The number of rotatable bonds is 10. The van der Waals surface area contributed by atoms with E-state index < -0.39 is 30.3 Å². The lowest BCUT2D eigenvalue weighted by Crippen LogP contribution is -2.32. The zero-order valence-corrected chi connectivity index (χ0v) is 16.4. The molecule has 2 rings (SSSR count). The number of nitrogens with one attached hydrogen (secondary N) is 1. The predicted octanol–water partition coefficient (Wildman–Crippen LogP) is 1.31. The number of esters is 1. The Hall–Kier alpha value is -2.06. The third-order valence-corrected chi connectivity index (χ3v) is 4.06. The van der Waals surface area contributed by atoms with Gasteiger partial charge < -0.3 is 14.6 Å². The topological polar surface area (TPSA) is 144 Å². The van der Waals surface area contributed by atoms with Gasteiger partial charge in [0.2, 0.25) is 5.95 Å². The van der Waals surface area contributed by atoms with E-state index in [9.17, 15) is 14.7 Å². The fourth-order valence-corrected chi connectivity index (χ4v) is 2.59. The molecule has 146 valence electrons. The molecule has 0 spiro atoms. The summed E-state index contributed by atoms with van der Waals surface area (Å²) in [5.74, 6) is -0.729. The van der Waals surface area contributed by atoms with Crippen LogP contribution in [0.2, 0.25) is 0 Å². The van der Waals surface area contributed by atoms with Gasteiger partial charge in [-0.2, -0.15) is 9.73 Å². The first-order valence-electron chi connectivity index (χ1n) is 8.84. The fourth-order valence-electron chi connectivity index (χ4n) is 2.14. The molecule has 0 saturated heterocycles. The Bertz CT molecular complexity index is 950. The number of aromatic nitrogens is 4. The highest BCUT2D eigenvalue weighted by atomic mass is 31.0. The third-order valence-electron chi connectivity index (χ3n) is 3.62. The van der Waals surface area contributed by atoms with Gasteiger partial charge in [-0.15, -0.1) is 0 Å².